The zero-order valence-electron chi connectivity index (χ0n) is 8.44. The van der Waals surface area contributed by atoms with E-state index in [1.807, 2.05) is 0 Å². The van der Waals surface area contributed by atoms with Crippen molar-refractivity contribution in [3.8, 4) is 0 Å². The maximum Gasteiger partial charge on any atom is -0.0174 e. The molecule has 1 saturated carbocycles. The maximum atomic E-state index is 2.43. The molecule has 0 N–H and O–H groups in total. The van der Waals surface area contributed by atoms with E-state index in [0.29, 0.717) is 5.41 Å². The molecule has 0 radical (unpaired) electrons. The molecule has 0 amide bonds. The lowest BCUT2D eigenvalue weighted by molar-refractivity contribution is 0.0253. The number of hydrogen-bond acceptors (Lipinski definition) is 0. The summed E-state index contributed by atoms with van der Waals surface area (Å²) >= 11 is 0. The summed E-state index contributed by atoms with van der Waals surface area (Å²) in [4.78, 5) is 0. The Bertz CT molecular complexity index is 170. The molecule has 0 aliphatic heterocycles. The Hall–Kier alpha value is -0.260. The zero-order valence-corrected chi connectivity index (χ0v) is 8.44. The van der Waals surface area contributed by atoms with E-state index in [4.69, 9.17) is 0 Å². The third-order valence-electron chi connectivity index (χ3n) is 3.37. The van der Waals surface area contributed by atoms with Crippen LogP contribution in [0.1, 0.15) is 41.0 Å². The number of rotatable bonds is 1. The van der Waals surface area contributed by atoms with Crippen molar-refractivity contribution in [3.63, 3.8) is 0 Å². The monoisotopic (exact) mass is 152 g/mol. The van der Waals surface area contributed by atoms with Crippen LogP contribution in [0.2, 0.25) is 0 Å². The first-order valence-electron chi connectivity index (χ1n) is 4.59. The van der Waals surface area contributed by atoms with Gasteiger partial charge in [-0.05, 0) is 37.5 Å². The highest BCUT2D eigenvalue weighted by molar-refractivity contribution is 5.08. The van der Waals surface area contributed by atoms with Gasteiger partial charge in [-0.1, -0.05) is 32.4 Å². The van der Waals surface area contributed by atoms with E-state index in [0.717, 1.165) is 11.8 Å². The molecule has 1 aliphatic rings. The van der Waals surface area contributed by atoms with Gasteiger partial charge in [0.2, 0.25) is 0 Å². The maximum absolute atomic E-state index is 2.43. The van der Waals surface area contributed by atoms with Crippen LogP contribution in [0.15, 0.2) is 11.6 Å². The molecule has 0 saturated heterocycles. The minimum absolute atomic E-state index is 0.553. The molecule has 0 spiro atoms. The quantitative estimate of drug-likeness (QED) is 0.503. The van der Waals surface area contributed by atoms with Crippen LogP contribution in [0.4, 0.5) is 0 Å². The highest BCUT2D eigenvalue weighted by Gasteiger charge is 2.43. The molecule has 0 aromatic heterocycles. The fourth-order valence-corrected chi connectivity index (χ4v) is 1.88. The van der Waals surface area contributed by atoms with Gasteiger partial charge in [0.25, 0.3) is 0 Å². The molecular formula is C11H20. The Labute approximate surface area is 70.7 Å². The standard InChI is InChI=1S/C11H20/c1-8(2)6-10-7-9(3)11(10,4)5/h6,9-10H,7H2,1-5H3/t9-,10-/m0/s1. The van der Waals surface area contributed by atoms with Gasteiger partial charge in [0.15, 0.2) is 0 Å². The van der Waals surface area contributed by atoms with Crippen molar-refractivity contribution in [1.82, 2.24) is 0 Å². The zero-order chi connectivity index (χ0) is 8.65. The summed E-state index contributed by atoms with van der Waals surface area (Å²) in [6, 6.07) is 0. The normalized spacial score (nSPS) is 34.3. The third-order valence-corrected chi connectivity index (χ3v) is 3.37. The van der Waals surface area contributed by atoms with Crippen LogP contribution in [0.3, 0.4) is 0 Å². The van der Waals surface area contributed by atoms with Crippen LogP contribution in [0.25, 0.3) is 0 Å². The lowest BCUT2D eigenvalue weighted by Crippen LogP contribution is -2.42. The molecule has 2 atom stereocenters. The summed E-state index contributed by atoms with van der Waals surface area (Å²) < 4.78 is 0. The van der Waals surface area contributed by atoms with E-state index in [1.165, 1.54) is 12.0 Å². The van der Waals surface area contributed by atoms with E-state index in [9.17, 15) is 0 Å². The average molecular weight is 152 g/mol. The Morgan fingerprint density at radius 3 is 2.18 bits per heavy atom. The van der Waals surface area contributed by atoms with E-state index >= 15 is 0 Å². The number of hydrogen-bond donors (Lipinski definition) is 0. The summed E-state index contributed by atoms with van der Waals surface area (Å²) in [6.45, 7) is 11.5. The minimum Gasteiger partial charge on any atom is -0.0822 e. The van der Waals surface area contributed by atoms with Crippen LogP contribution in [-0.2, 0) is 0 Å². The topological polar surface area (TPSA) is 0 Å². The van der Waals surface area contributed by atoms with Gasteiger partial charge in [-0.3, -0.25) is 0 Å². The van der Waals surface area contributed by atoms with Crippen molar-refractivity contribution >= 4 is 0 Å². The van der Waals surface area contributed by atoms with Crippen molar-refractivity contribution in [1.29, 1.82) is 0 Å². The van der Waals surface area contributed by atoms with Gasteiger partial charge in [0.05, 0.1) is 0 Å². The second-order valence-corrected chi connectivity index (χ2v) is 4.81. The van der Waals surface area contributed by atoms with Gasteiger partial charge in [0, 0.05) is 0 Å². The molecule has 0 aromatic rings. The van der Waals surface area contributed by atoms with Gasteiger partial charge in [-0.2, -0.15) is 0 Å². The summed E-state index contributed by atoms with van der Waals surface area (Å²) in [5.74, 6) is 1.74. The van der Waals surface area contributed by atoms with Gasteiger partial charge in [-0.25, -0.2) is 0 Å². The van der Waals surface area contributed by atoms with E-state index in [1.54, 1.807) is 0 Å². The first kappa shape index (κ1) is 8.83. The van der Waals surface area contributed by atoms with Crippen molar-refractivity contribution in [2.24, 2.45) is 17.3 Å². The molecule has 0 heteroatoms. The van der Waals surface area contributed by atoms with Crippen LogP contribution in [-0.4, -0.2) is 0 Å². The van der Waals surface area contributed by atoms with Crippen molar-refractivity contribution in [3.05, 3.63) is 11.6 Å². The van der Waals surface area contributed by atoms with Crippen LogP contribution in [0, 0.1) is 17.3 Å². The molecule has 0 aromatic carbocycles. The summed E-state index contributed by atoms with van der Waals surface area (Å²) in [6.07, 6.45) is 3.82. The smallest absolute Gasteiger partial charge is 0.0174 e. The Morgan fingerprint density at radius 1 is 1.36 bits per heavy atom. The SMILES string of the molecule is CC(C)=C[C@H]1C[C@H](C)C1(C)C. The lowest BCUT2D eigenvalue weighted by Gasteiger charge is -2.50. The molecule has 1 rings (SSSR count). The van der Waals surface area contributed by atoms with Crippen LogP contribution >= 0.6 is 0 Å². The second kappa shape index (κ2) is 2.66. The fraction of sp³-hybridized carbons (Fsp3) is 0.818. The predicted octanol–water partition coefficient (Wildman–Crippen LogP) is 3.63. The average Bonchev–Trinajstić information content (AvgIpc) is 1.87. The van der Waals surface area contributed by atoms with Crippen molar-refractivity contribution in [2.75, 3.05) is 0 Å². The van der Waals surface area contributed by atoms with Crippen LogP contribution in [0.5, 0.6) is 0 Å². The molecule has 64 valence electrons. The van der Waals surface area contributed by atoms with Crippen molar-refractivity contribution < 1.29 is 0 Å². The highest BCUT2D eigenvalue weighted by Crippen LogP contribution is 2.51. The van der Waals surface area contributed by atoms with E-state index < -0.39 is 0 Å². The molecule has 0 unspecified atom stereocenters. The molecule has 0 bridgehead atoms. The Balaban J connectivity index is 2.60. The van der Waals surface area contributed by atoms with Gasteiger partial charge < -0.3 is 0 Å². The number of allylic oxidation sites excluding steroid dienone is 2. The predicted molar refractivity (Wildman–Crippen MR) is 50.5 cm³/mol. The van der Waals surface area contributed by atoms with Gasteiger partial charge >= 0.3 is 0 Å². The molecule has 0 nitrogen and oxygen atoms in total. The lowest BCUT2D eigenvalue weighted by atomic mass is 9.55. The molecule has 1 fully saturated rings. The summed E-state index contributed by atoms with van der Waals surface area (Å²) in [5.41, 5.74) is 2.02. The van der Waals surface area contributed by atoms with Crippen molar-refractivity contribution in [2.45, 2.75) is 41.0 Å². The Morgan fingerprint density at radius 2 is 1.91 bits per heavy atom. The first-order valence-corrected chi connectivity index (χ1v) is 4.59. The molecule has 0 heterocycles. The van der Waals surface area contributed by atoms with E-state index in [-0.39, 0.29) is 0 Å². The molecular weight excluding hydrogens is 132 g/mol. The first-order chi connectivity index (χ1) is 4.94. The van der Waals surface area contributed by atoms with Gasteiger partial charge in [-0.15, -0.1) is 0 Å². The van der Waals surface area contributed by atoms with Gasteiger partial charge in [0.1, 0.15) is 0 Å². The third kappa shape index (κ3) is 1.50. The molecule has 11 heavy (non-hydrogen) atoms. The fourth-order valence-electron chi connectivity index (χ4n) is 1.88. The highest BCUT2D eigenvalue weighted by atomic mass is 14.5. The summed E-state index contributed by atoms with van der Waals surface area (Å²) in [5, 5.41) is 0. The van der Waals surface area contributed by atoms with Crippen LogP contribution < -0.4 is 0 Å². The minimum atomic E-state index is 0.553. The second-order valence-electron chi connectivity index (χ2n) is 4.81. The molecule has 1 aliphatic carbocycles. The van der Waals surface area contributed by atoms with E-state index in [2.05, 4.69) is 40.7 Å². The summed E-state index contributed by atoms with van der Waals surface area (Å²) in [7, 11) is 0. The Kier molecular flexibility index (Phi) is 2.13. The largest absolute Gasteiger partial charge is 0.0822 e.